The molecule has 1 aliphatic rings. The number of methoxy groups -OCH3 is 2. The van der Waals surface area contributed by atoms with Gasteiger partial charge in [0.15, 0.2) is 4.96 Å². The van der Waals surface area contributed by atoms with E-state index >= 15 is 0 Å². The average Bonchev–Trinajstić information content (AvgIpc) is 3.48. The largest absolute Gasteiger partial charge is 0.497 e. The quantitative estimate of drug-likeness (QED) is 0.360. The van der Waals surface area contributed by atoms with Crippen molar-refractivity contribution < 1.29 is 14.3 Å². The first kappa shape index (κ1) is 21.5. The van der Waals surface area contributed by atoms with E-state index in [2.05, 4.69) is 47.2 Å². The zero-order chi connectivity index (χ0) is 22.9. The molecule has 2 aromatic heterocycles. The molecule has 1 saturated carbocycles. The highest BCUT2D eigenvalue weighted by Crippen LogP contribution is 2.31. The van der Waals surface area contributed by atoms with Gasteiger partial charge in [-0.15, -0.1) is 11.3 Å². The second kappa shape index (κ2) is 8.90. The summed E-state index contributed by atoms with van der Waals surface area (Å²) in [5.74, 6) is 1.26. The van der Waals surface area contributed by atoms with Crippen molar-refractivity contribution >= 4 is 22.2 Å². The van der Waals surface area contributed by atoms with E-state index in [1.807, 2.05) is 4.90 Å². The van der Waals surface area contributed by atoms with E-state index in [0.29, 0.717) is 29.6 Å². The van der Waals surface area contributed by atoms with Crippen LogP contribution in [0.15, 0.2) is 54.0 Å². The zero-order valence-electron chi connectivity index (χ0n) is 19.1. The number of amides is 1. The van der Waals surface area contributed by atoms with Crippen LogP contribution < -0.4 is 9.47 Å². The van der Waals surface area contributed by atoms with Gasteiger partial charge >= 0.3 is 0 Å². The minimum Gasteiger partial charge on any atom is -0.497 e. The molecule has 0 saturated heterocycles. The third-order valence-corrected chi connectivity index (χ3v) is 6.98. The highest BCUT2D eigenvalue weighted by atomic mass is 32.1. The van der Waals surface area contributed by atoms with Crippen molar-refractivity contribution in [3.05, 3.63) is 70.9 Å². The second-order valence-electron chi connectivity index (χ2n) is 8.45. The van der Waals surface area contributed by atoms with E-state index in [0.717, 1.165) is 35.5 Å². The van der Waals surface area contributed by atoms with Crippen LogP contribution in [-0.2, 0) is 6.42 Å². The first-order valence-corrected chi connectivity index (χ1v) is 12.0. The summed E-state index contributed by atoms with van der Waals surface area (Å²) in [6.45, 7) is 2.75. The third kappa shape index (κ3) is 4.46. The van der Waals surface area contributed by atoms with Crippen molar-refractivity contribution in [3.8, 4) is 22.8 Å². The molecule has 170 valence electrons. The molecular formula is C26H27N3O3S. The van der Waals surface area contributed by atoms with Gasteiger partial charge < -0.3 is 14.4 Å². The Hall–Kier alpha value is -3.32. The molecule has 0 unspecified atom stereocenters. The van der Waals surface area contributed by atoms with Gasteiger partial charge in [0.05, 0.1) is 19.9 Å². The predicted octanol–water partition coefficient (Wildman–Crippen LogP) is 5.24. The average molecular weight is 462 g/mol. The Balaban J connectivity index is 1.36. The number of hydrogen-bond donors (Lipinski definition) is 0. The number of benzene rings is 2. The van der Waals surface area contributed by atoms with E-state index in [1.165, 1.54) is 11.3 Å². The van der Waals surface area contributed by atoms with Crippen LogP contribution >= 0.6 is 11.3 Å². The molecule has 5 rings (SSSR count). The van der Waals surface area contributed by atoms with Gasteiger partial charge in [0, 0.05) is 53.5 Å². The Morgan fingerprint density at radius 3 is 2.45 bits per heavy atom. The fourth-order valence-electron chi connectivity index (χ4n) is 4.04. The minimum atomic E-state index is 0.0205. The van der Waals surface area contributed by atoms with Crippen LogP contribution in [-0.4, -0.2) is 47.0 Å². The molecule has 0 bridgehead atoms. The fraction of sp³-hybridized carbons (Fsp3) is 0.308. The van der Waals surface area contributed by atoms with Gasteiger partial charge in [0.25, 0.3) is 5.91 Å². The molecule has 2 aromatic carbocycles. The SMILES string of the molecule is COc1cc(OC)cc(C(=O)N(CCc2csc3nc(-c4ccc(C)cc4)cn23)C2CC2)c1. The molecule has 6 nitrogen and oxygen atoms in total. The van der Waals surface area contributed by atoms with Crippen molar-refractivity contribution in [2.45, 2.75) is 32.2 Å². The molecule has 0 aliphatic heterocycles. The van der Waals surface area contributed by atoms with E-state index in [4.69, 9.17) is 14.5 Å². The van der Waals surface area contributed by atoms with Crippen LogP contribution in [0.2, 0.25) is 0 Å². The second-order valence-corrected chi connectivity index (χ2v) is 9.29. The number of ether oxygens (including phenoxy) is 2. The maximum atomic E-state index is 13.4. The number of fused-ring (bicyclic) bond motifs is 1. The Morgan fingerprint density at radius 1 is 1.12 bits per heavy atom. The van der Waals surface area contributed by atoms with Crippen LogP contribution in [0.5, 0.6) is 11.5 Å². The topological polar surface area (TPSA) is 56.1 Å². The normalized spacial score (nSPS) is 13.3. The summed E-state index contributed by atoms with van der Waals surface area (Å²) in [7, 11) is 3.19. The van der Waals surface area contributed by atoms with Crippen LogP contribution in [0.1, 0.15) is 34.5 Å². The van der Waals surface area contributed by atoms with Crippen molar-refractivity contribution in [2.24, 2.45) is 0 Å². The number of aromatic nitrogens is 2. The lowest BCUT2D eigenvalue weighted by Crippen LogP contribution is -2.35. The number of rotatable bonds is 8. The lowest BCUT2D eigenvalue weighted by atomic mass is 10.1. The monoisotopic (exact) mass is 461 g/mol. The Labute approximate surface area is 197 Å². The number of imidazole rings is 1. The van der Waals surface area contributed by atoms with Gasteiger partial charge in [0.1, 0.15) is 11.5 Å². The predicted molar refractivity (Wildman–Crippen MR) is 131 cm³/mol. The van der Waals surface area contributed by atoms with Crippen LogP contribution in [0.3, 0.4) is 0 Å². The smallest absolute Gasteiger partial charge is 0.254 e. The highest BCUT2D eigenvalue weighted by Gasteiger charge is 2.33. The summed E-state index contributed by atoms with van der Waals surface area (Å²) in [4.78, 5) is 21.2. The number of nitrogens with zero attached hydrogens (tertiary/aromatic N) is 3. The molecule has 1 fully saturated rings. The summed E-state index contributed by atoms with van der Waals surface area (Å²) < 4.78 is 12.9. The summed E-state index contributed by atoms with van der Waals surface area (Å²) >= 11 is 1.64. The lowest BCUT2D eigenvalue weighted by Gasteiger charge is -2.23. The summed E-state index contributed by atoms with van der Waals surface area (Å²) in [6, 6.07) is 14.1. The van der Waals surface area contributed by atoms with Crippen LogP contribution in [0.4, 0.5) is 0 Å². The summed E-state index contributed by atoms with van der Waals surface area (Å²) in [5, 5.41) is 2.14. The van der Waals surface area contributed by atoms with Gasteiger partial charge in [-0.05, 0) is 31.9 Å². The first-order chi connectivity index (χ1) is 16.1. The summed E-state index contributed by atoms with van der Waals surface area (Å²) in [5.41, 5.74) is 5.09. The van der Waals surface area contributed by atoms with Crippen molar-refractivity contribution in [3.63, 3.8) is 0 Å². The number of thiazole rings is 1. The van der Waals surface area contributed by atoms with E-state index in [-0.39, 0.29) is 5.91 Å². The summed E-state index contributed by atoms with van der Waals surface area (Å²) in [6.07, 6.45) is 4.97. The molecule has 7 heteroatoms. The fourth-order valence-corrected chi connectivity index (χ4v) is 4.95. The molecule has 0 spiro atoms. The first-order valence-electron chi connectivity index (χ1n) is 11.1. The molecule has 0 N–H and O–H groups in total. The van der Waals surface area contributed by atoms with Crippen molar-refractivity contribution in [1.29, 1.82) is 0 Å². The van der Waals surface area contributed by atoms with E-state index in [9.17, 15) is 4.79 Å². The van der Waals surface area contributed by atoms with Crippen LogP contribution in [0.25, 0.3) is 16.2 Å². The zero-order valence-corrected chi connectivity index (χ0v) is 19.9. The van der Waals surface area contributed by atoms with Gasteiger partial charge in [-0.1, -0.05) is 29.8 Å². The van der Waals surface area contributed by atoms with Gasteiger partial charge in [-0.3, -0.25) is 9.20 Å². The Kier molecular flexibility index (Phi) is 5.81. The van der Waals surface area contributed by atoms with E-state index < -0.39 is 0 Å². The molecular weight excluding hydrogens is 434 g/mol. The molecule has 1 aliphatic carbocycles. The third-order valence-electron chi connectivity index (χ3n) is 6.09. The lowest BCUT2D eigenvalue weighted by molar-refractivity contribution is 0.0744. The molecule has 1 amide bonds. The molecule has 0 radical (unpaired) electrons. The molecule has 33 heavy (non-hydrogen) atoms. The number of aryl methyl sites for hydroxylation is 1. The van der Waals surface area contributed by atoms with Gasteiger partial charge in [-0.2, -0.15) is 0 Å². The van der Waals surface area contributed by atoms with Gasteiger partial charge in [0.2, 0.25) is 0 Å². The van der Waals surface area contributed by atoms with Crippen molar-refractivity contribution in [2.75, 3.05) is 20.8 Å². The molecule has 2 heterocycles. The number of hydrogen-bond acceptors (Lipinski definition) is 5. The maximum absolute atomic E-state index is 13.4. The highest BCUT2D eigenvalue weighted by molar-refractivity contribution is 7.15. The number of carbonyl (C=O) groups is 1. The Bertz CT molecular complexity index is 1270. The standard InChI is InChI=1S/C26H27N3O3S/c1-17-4-6-18(7-5-17)24-15-29-21(16-33-26(29)27-24)10-11-28(20-8-9-20)25(30)19-12-22(31-2)14-23(13-19)32-3/h4-7,12-16,20H,8-11H2,1-3H3. The maximum Gasteiger partial charge on any atom is 0.254 e. The minimum absolute atomic E-state index is 0.0205. The Morgan fingerprint density at radius 2 is 1.82 bits per heavy atom. The van der Waals surface area contributed by atoms with Gasteiger partial charge in [-0.25, -0.2) is 4.98 Å². The number of carbonyl (C=O) groups excluding carboxylic acids is 1. The molecule has 0 atom stereocenters. The molecule has 4 aromatic rings. The van der Waals surface area contributed by atoms with E-state index in [1.54, 1.807) is 43.8 Å². The van der Waals surface area contributed by atoms with Crippen molar-refractivity contribution in [1.82, 2.24) is 14.3 Å². The van der Waals surface area contributed by atoms with Crippen LogP contribution in [0, 0.1) is 6.92 Å².